The predicted molar refractivity (Wildman–Crippen MR) is 83.6 cm³/mol. The Morgan fingerprint density at radius 2 is 2.10 bits per heavy atom. The minimum Gasteiger partial charge on any atom is -0.481 e. The van der Waals surface area contributed by atoms with Crippen molar-refractivity contribution in [2.45, 2.75) is 11.8 Å². The highest BCUT2D eigenvalue weighted by Crippen LogP contribution is 2.25. The summed E-state index contributed by atoms with van der Waals surface area (Å²) in [5.41, 5.74) is 0.803. The summed E-state index contributed by atoms with van der Waals surface area (Å²) in [4.78, 5) is 26.1. The number of nitrogens with zero attached hydrogens (tertiary/aromatic N) is 1. The number of anilines is 1. The van der Waals surface area contributed by atoms with E-state index in [1.807, 2.05) is 42.3 Å². The fourth-order valence-corrected chi connectivity index (χ4v) is 3.21. The van der Waals surface area contributed by atoms with E-state index in [0.717, 1.165) is 10.6 Å². The van der Waals surface area contributed by atoms with Gasteiger partial charge in [0.25, 0.3) is 0 Å². The first kappa shape index (κ1) is 15.9. The zero-order chi connectivity index (χ0) is 15.4. The van der Waals surface area contributed by atoms with Gasteiger partial charge in [0.15, 0.2) is 0 Å². The van der Waals surface area contributed by atoms with E-state index in [4.69, 9.17) is 5.11 Å². The normalized spacial score (nSPS) is 22.2. The lowest BCUT2D eigenvalue weighted by atomic mass is 9.99. The fraction of sp³-hybridized carbons (Fsp3) is 0.467. The molecule has 1 fully saturated rings. The van der Waals surface area contributed by atoms with Gasteiger partial charge in [-0.3, -0.25) is 14.5 Å². The highest BCUT2D eigenvalue weighted by molar-refractivity contribution is 7.98. The molecule has 0 saturated carbocycles. The average molecular weight is 308 g/mol. The van der Waals surface area contributed by atoms with E-state index < -0.39 is 5.97 Å². The molecule has 2 unspecified atom stereocenters. The predicted octanol–water partition coefficient (Wildman–Crippen LogP) is 2.00. The summed E-state index contributed by atoms with van der Waals surface area (Å²) in [6.07, 6.45) is 1.96. The highest BCUT2D eigenvalue weighted by atomic mass is 32.2. The zero-order valence-electron chi connectivity index (χ0n) is 12.2. The van der Waals surface area contributed by atoms with Crippen LogP contribution in [0.1, 0.15) is 6.92 Å². The molecule has 2 atom stereocenters. The number of hydrogen-bond acceptors (Lipinski definition) is 4. The molecule has 2 N–H and O–H groups in total. The van der Waals surface area contributed by atoms with Gasteiger partial charge in [-0.1, -0.05) is 19.1 Å². The number of para-hydroxylation sites is 1. The Hall–Kier alpha value is -1.53. The van der Waals surface area contributed by atoms with Crippen LogP contribution >= 0.6 is 11.8 Å². The number of thioether (sulfide) groups is 1. The van der Waals surface area contributed by atoms with E-state index in [9.17, 15) is 9.59 Å². The molecule has 1 aliphatic heterocycles. The number of aliphatic carboxylic acids is 1. The van der Waals surface area contributed by atoms with Crippen LogP contribution in [0.3, 0.4) is 0 Å². The van der Waals surface area contributed by atoms with Crippen LogP contribution in [0.4, 0.5) is 5.69 Å². The molecule has 1 heterocycles. The van der Waals surface area contributed by atoms with E-state index in [1.165, 1.54) is 0 Å². The van der Waals surface area contributed by atoms with Gasteiger partial charge in [-0.15, -0.1) is 11.8 Å². The number of carbonyl (C=O) groups excluding carboxylic acids is 1. The minimum atomic E-state index is -0.780. The van der Waals surface area contributed by atoms with Gasteiger partial charge < -0.3 is 10.4 Å². The summed E-state index contributed by atoms with van der Waals surface area (Å²) in [7, 11) is 0. The molecule has 5 nitrogen and oxygen atoms in total. The number of carboxylic acid groups (broad SMARTS) is 1. The first-order valence-corrected chi connectivity index (χ1v) is 8.11. The van der Waals surface area contributed by atoms with Crippen molar-refractivity contribution in [3.8, 4) is 0 Å². The van der Waals surface area contributed by atoms with Gasteiger partial charge in [0, 0.05) is 18.0 Å². The second kappa shape index (κ2) is 6.95. The minimum absolute atomic E-state index is 0.0776. The molecule has 0 bridgehead atoms. The molecule has 6 heteroatoms. The lowest BCUT2D eigenvalue weighted by Crippen LogP contribution is -2.32. The number of carbonyl (C=O) groups is 2. The molecule has 1 aromatic carbocycles. The van der Waals surface area contributed by atoms with Gasteiger partial charge in [-0.2, -0.15) is 0 Å². The summed E-state index contributed by atoms with van der Waals surface area (Å²) >= 11 is 1.58. The molecular formula is C15H20N2O3S. The summed E-state index contributed by atoms with van der Waals surface area (Å²) in [6, 6.07) is 7.64. The number of nitrogens with one attached hydrogen (secondary N) is 1. The molecule has 2 rings (SSSR count). The Morgan fingerprint density at radius 3 is 2.71 bits per heavy atom. The lowest BCUT2D eigenvalue weighted by Gasteiger charge is -2.15. The van der Waals surface area contributed by atoms with Gasteiger partial charge in [0.2, 0.25) is 5.91 Å². The molecule has 0 aromatic heterocycles. The van der Waals surface area contributed by atoms with Crippen LogP contribution in [0.25, 0.3) is 0 Å². The summed E-state index contributed by atoms with van der Waals surface area (Å²) in [6.45, 7) is 3.24. The van der Waals surface area contributed by atoms with Crippen LogP contribution in [0.5, 0.6) is 0 Å². The fourth-order valence-electron chi connectivity index (χ4n) is 2.66. The molecular weight excluding hydrogens is 288 g/mol. The van der Waals surface area contributed by atoms with Gasteiger partial charge in [0.05, 0.1) is 18.2 Å². The summed E-state index contributed by atoms with van der Waals surface area (Å²) in [5, 5.41) is 12.0. The second-order valence-corrected chi connectivity index (χ2v) is 6.21. The Balaban J connectivity index is 1.92. The Morgan fingerprint density at radius 1 is 1.38 bits per heavy atom. The van der Waals surface area contributed by atoms with Crippen molar-refractivity contribution in [2.24, 2.45) is 11.8 Å². The SMILES string of the molecule is CSc1ccccc1NC(=O)CN1CC(C)C(C(=O)O)C1. The first-order chi connectivity index (χ1) is 10.0. The largest absolute Gasteiger partial charge is 0.481 e. The Bertz CT molecular complexity index is 535. The average Bonchev–Trinajstić information content (AvgIpc) is 2.80. The van der Waals surface area contributed by atoms with Crippen LogP contribution in [0.2, 0.25) is 0 Å². The van der Waals surface area contributed by atoms with Crippen LogP contribution in [0.15, 0.2) is 29.2 Å². The maximum Gasteiger partial charge on any atom is 0.308 e. The molecule has 1 amide bonds. The van der Waals surface area contributed by atoms with Crippen molar-refractivity contribution < 1.29 is 14.7 Å². The van der Waals surface area contributed by atoms with Crippen LogP contribution < -0.4 is 5.32 Å². The van der Waals surface area contributed by atoms with Crippen molar-refractivity contribution in [3.63, 3.8) is 0 Å². The van der Waals surface area contributed by atoms with Gasteiger partial charge in [-0.25, -0.2) is 0 Å². The van der Waals surface area contributed by atoms with Gasteiger partial charge in [-0.05, 0) is 24.3 Å². The van der Waals surface area contributed by atoms with Crippen LogP contribution in [0, 0.1) is 11.8 Å². The smallest absolute Gasteiger partial charge is 0.308 e. The lowest BCUT2D eigenvalue weighted by molar-refractivity contribution is -0.142. The van der Waals surface area contributed by atoms with Crippen molar-refractivity contribution in [3.05, 3.63) is 24.3 Å². The maximum absolute atomic E-state index is 12.1. The quantitative estimate of drug-likeness (QED) is 0.814. The van der Waals surface area contributed by atoms with Crippen molar-refractivity contribution in [2.75, 3.05) is 31.2 Å². The number of rotatable bonds is 5. The van der Waals surface area contributed by atoms with E-state index in [2.05, 4.69) is 5.32 Å². The Labute approximate surface area is 128 Å². The number of benzene rings is 1. The number of likely N-dealkylation sites (tertiary alicyclic amines) is 1. The second-order valence-electron chi connectivity index (χ2n) is 5.36. The topological polar surface area (TPSA) is 69.6 Å². The number of carboxylic acids is 1. The van der Waals surface area contributed by atoms with Gasteiger partial charge in [0.1, 0.15) is 0 Å². The van der Waals surface area contributed by atoms with Crippen LogP contribution in [-0.4, -0.2) is 47.8 Å². The van der Waals surface area contributed by atoms with Crippen molar-refractivity contribution in [1.82, 2.24) is 4.90 Å². The summed E-state index contributed by atoms with van der Waals surface area (Å²) in [5.74, 6) is -1.18. The molecule has 1 aromatic rings. The van der Waals surface area contributed by atoms with Crippen molar-refractivity contribution >= 4 is 29.3 Å². The van der Waals surface area contributed by atoms with Crippen LogP contribution in [-0.2, 0) is 9.59 Å². The van der Waals surface area contributed by atoms with E-state index in [-0.39, 0.29) is 24.3 Å². The number of amides is 1. The molecule has 21 heavy (non-hydrogen) atoms. The molecule has 1 aliphatic rings. The zero-order valence-corrected chi connectivity index (χ0v) is 13.0. The third-order valence-corrected chi connectivity index (χ3v) is 4.55. The number of hydrogen-bond donors (Lipinski definition) is 2. The molecule has 1 saturated heterocycles. The standard InChI is InChI=1S/C15H20N2O3S/c1-10-7-17(8-11(10)15(19)20)9-14(18)16-12-5-3-4-6-13(12)21-2/h3-6,10-11H,7-9H2,1-2H3,(H,16,18)(H,19,20). The maximum atomic E-state index is 12.1. The third kappa shape index (κ3) is 3.98. The van der Waals surface area contributed by atoms with E-state index in [1.54, 1.807) is 11.8 Å². The molecule has 0 radical (unpaired) electrons. The van der Waals surface area contributed by atoms with Gasteiger partial charge >= 0.3 is 5.97 Å². The van der Waals surface area contributed by atoms with Crippen molar-refractivity contribution in [1.29, 1.82) is 0 Å². The Kier molecular flexibility index (Phi) is 5.25. The summed E-state index contributed by atoms with van der Waals surface area (Å²) < 4.78 is 0. The third-order valence-electron chi connectivity index (χ3n) is 3.75. The van der Waals surface area contributed by atoms with E-state index in [0.29, 0.717) is 13.1 Å². The monoisotopic (exact) mass is 308 g/mol. The highest BCUT2D eigenvalue weighted by Gasteiger charge is 2.35. The van der Waals surface area contributed by atoms with E-state index >= 15 is 0 Å². The molecule has 0 aliphatic carbocycles. The first-order valence-electron chi connectivity index (χ1n) is 6.89. The molecule has 114 valence electrons. The molecule has 0 spiro atoms.